The van der Waals surface area contributed by atoms with Gasteiger partial charge in [-0.2, -0.15) is 0 Å². The Labute approximate surface area is 199 Å². The summed E-state index contributed by atoms with van der Waals surface area (Å²) >= 11 is 0. The fourth-order valence-corrected chi connectivity index (χ4v) is 7.96. The largest absolute Gasteiger partial charge is 0.508 e. The molecule has 0 radical (unpaired) electrons. The lowest BCUT2D eigenvalue weighted by molar-refractivity contribution is -0.176. The highest BCUT2D eigenvalue weighted by Gasteiger charge is 2.66. The van der Waals surface area contributed by atoms with Crippen LogP contribution in [-0.2, 0) is 26.7 Å². The van der Waals surface area contributed by atoms with Crippen molar-refractivity contribution in [3.8, 4) is 5.75 Å². The van der Waals surface area contributed by atoms with E-state index in [0.717, 1.165) is 24.2 Å². The number of carbonyl (C=O) groups is 1. The van der Waals surface area contributed by atoms with Gasteiger partial charge in [0.05, 0.1) is 16.5 Å². The highest BCUT2D eigenvalue weighted by molar-refractivity contribution is 7.89. The lowest BCUT2D eigenvalue weighted by Crippen LogP contribution is -2.76. The molecule has 4 aliphatic rings. The van der Waals surface area contributed by atoms with Crippen molar-refractivity contribution >= 4 is 15.8 Å². The molecule has 8 heteroatoms. The summed E-state index contributed by atoms with van der Waals surface area (Å²) in [7, 11) is -3.91. The van der Waals surface area contributed by atoms with Crippen molar-refractivity contribution in [2.75, 3.05) is 13.1 Å². The van der Waals surface area contributed by atoms with Crippen LogP contribution in [-0.4, -0.2) is 60.1 Å². The molecule has 1 aliphatic heterocycles. The number of nitrogens with zero attached hydrogens (tertiary/aromatic N) is 1. The van der Waals surface area contributed by atoms with Crippen molar-refractivity contribution in [2.45, 2.75) is 66.5 Å². The minimum absolute atomic E-state index is 0.0266. The molecule has 0 amide bonds. The van der Waals surface area contributed by atoms with E-state index in [4.69, 9.17) is 0 Å². The third kappa shape index (κ3) is 3.34. The Morgan fingerprint density at radius 1 is 1.12 bits per heavy atom. The van der Waals surface area contributed by atoms with Gasteiger partial charge in [0.25, 0.3) is 0 Å². The Hall–Kier alpha value is -2.26. The molecule has 2 aromatic carbocycles. The van der Waals surface area contributed by atoms with Gasteiger partial charge in [-0.25, -0.2) is 13.1 Å². The standard InChI is InChI=1S/C26H30N2O5S/c29-19-9-8-18-12-24-26(31)14-22(27-34(32,33)20-4-2-1-3-5-20)23(30)15-25(26,21(18)13-19)10-11-28(24)16-17-6-7-17/h1-5,8-9,13,17,22,24,27,29,31H,6-7,10-12,14-16H2/t22-,24+,25+,26+/m0/s1. The van der Waals surface area contributed by atoms with Gasteiger partial charge in [-0.15, -0.1) is 0 Å². The molecule has 6 rings (SSSR count). The van der Waals surface area contributed by atoms with Crippen LogP contribution in [0, 0.1) is 5.92 Å². The number of sulfonamides is 1. The van der Waals surface area contributed by atoms with Crippen molar-refractivity contribution in [3.63, 3.8) is 0 Å². The van der Waals surface area contributed by atoms with Crippen molar-refractivity contribution in [2.24, 2.45) is 5.92 Å². The molecule has 3 N–H and O–H groups in total. The normalized spacial score (nSPS) is 33.3. The highest BCUT2D eigenvalue weighted by Crippen LogP contribution is 2.58. The number of benzene rings is 2. The van der Waals surface area contributed by atoms with Crippen LogP contribution in [0.4, 0.5) is 0 Å². The van der Waals surface area contributed by atoms with E-state index < -0.39 is 27.1 Å². The van der Waals surface area contributed by atoms with E-state index in [1.54, 1.807) is 30.3 Å². The monoisotopic (exact) mass is 482 g/mol. The molecule has 0 unspecified atom stereocenters. The van der Waals surface area contributed by atoms with Gasteiger partial charge in [0.2, 0.25) is 10.0 Å². The second-order valence-corrected chi connectivity index (χ2v) is 12.3. The van der Waals surface area contributed by atoms with Crippen LogP contribution in [0.3, 0.4) is 0 Å². The number of likely N-dealkylation sites (tertiary alicyclic amines) is 1. The lowest BCUT2D eigenvalue weighted by atomic mass is 9.48. The number of carbonyl (C=O) groups excluding carboxylic acids is 1. The number of nitrogens with one attached hydrogen (secondary N) is 1. The molecule has 4 atom stereocenters. The highest BCUT2D eigenvalue weighted by atomic mass is 32.2. The third-order valence-corrected chi connectivity index (χ3v) is 10.1. The van der Waals surface area contributed by atoms with Crippen LogP contribution in [0.1, 0.15) is 43.2 Å². The number of hydrogen-bond acceptors (Lipinski definition) is 6. The summed E-state index contributed by atoms with van der Waals surface area (Å²) in [5.74, 6) is 0.554. The number of phenols is 1. The molecular formula is C26H30N2O5S. The second-order valence-electron chi connectivity index (χ2n) is 10.6. The number of hydrogen-bond donors (Lipinski definition) is 3. The van der Waals surface area contributed by atoms with Gasteiger partial charge >= 0.3 is 0 Å². The molecule has 1 heterocycles. The Morgan fingerprint density at radius 2 is 1.88 bits per heavy atom. The van der Waals surface area contributed by atoms with Crippen LogP contribution in [0.15, 0.2) is 53.4 Å². The molecule has 3 fully saturated rings. The predicted molar refractivity (Wildman–Crippen MR) is 126 cm³/mol. The van der Waals surface area contributed by atoms with Crippen molar-refractivity contribution < 1.29 is 23.4 Å². The summed E-state index contributed by atoms with van der Waals surface area (Å²) < 4.78 is 28.7. The average Bonchev–Trinajstić information content (AvgIpc) is 3.62. The Bertz CT molecular complexity index is 1250. The number of aromatic hydroxyl groups is 1. The third-order valence-electron chi connectivity index (χ3n) is 8.59. The summed E-state index contributed by atoms with van der Waals surface area (Å²) in [6, 6.07) is 12.1. The van der Waals surface area contributed by atoms with E-state index in [1.165, 1.54) is 25.0 Å². The van der Waals surface area contributed by atoms with Gasteiger partial charge in [-0.3, -0.25) is 9.69 Å². The van der Waals surface area contributed by atoms with E-state index in [0.29, 0.717) is 18.8 Å². The van der Waals surface area contributed by atoms with Crippen LogP contribution < -0.4 is 4.72 Å². The van der Waals surface area contributed by atoms with Gasteiger partial charge < -0.3 is 10.2 Å². The van der Waals surface area contributed by atoms with E-state index in [-0.39, 0.29) is 35.3 Å². The van der Waals surface area contributed by atoms with E-state index in [2.05, 4.69) is 9.62 Å². The van der Waals surface area contributed by atoms with Crippen molar-refractivity contribution in [1.29, 1.82) is 0 Å². The predicted octanol–water partition coefficient (Wildman–Crippen LogP) is 2.11. The number of piperidine rings is 1. The Balaban J connectivity index is 1.40. The summed E-state index contributed by atoms with van der Waals surface area (Å²) in [5.41, 5.74) is -0.201. The van der Waals surface area contributed by atoms with Crippen LogP contribution in [0.5, 0.6) is 5.75 Å². The maximum absolute atomic E-state index is 13.4. The molecule has 0 aromatic heterocycles. The Kier molecular flexibility index (Phi) is 4.98. The fourth-order valence-electron chi connectivity index (χ4n) is 6.72. The summed E-state index contributed by atoms with van der Waals surface area (Å²) in [5, 5.41) is 22.7. The average molecular weight is 483 g/mol. The van der Waals surface area contributed by atoms with E-state index >= 15 is 0 Å². The first-order chi connectivity index (χ1) is 16.2. The molecule has 2 bridgehead atoms. The van der Waals surface area contributed by atoms with Crippen LogP contribution in [0.25, 0.3) is 0 Å². The lowest BCUT2D eigenvalue weighted by Gasteiger charge is -2.64. The van der Waals surface area contributed by atoms with Gasteiger partial charge in [0.1, 0.15) is 5.75 Å². The van der Waals surface area contributed by atoms with E-state index in [1.807, 2.05) is 6.07 Å². The number of fused-ring (bicyclic) bond motifs is 1. The van der Waals surface area contributed by atoms with Crippen LogP contribution >= 0.6 is 0 Å². The van der Waals surface area contributed by atoms with Gasteiger partial charge in [0.15, 0.2) is 5.78 Å². The fraction of sp³-hybridized carbons (Fsp3) is 0.500. The molecule has 7 nitrogen and oxygen atoms in total. The van der Waals surface area contributed by atoms with E-state index in [9.17, 15) is 23.4 Å². The zero-order valence-corrected chi connectivity index (χ0v) is 19.8. The summed E-state index contributed by atoms with van der Waals surface area (Å²) in [6.45, 7) is 1.71. The summed E-state index contributed by atoms with van der Waals surface area (Å²) in [6.07, 6.45) is 3.71. The first-order valence-corrected chi connectivity index (χ1v) is 13.6. The molecule has 1 saturated heterocycles. The number of Topliss-reactive ketones (excluding diaryl/α,β-unsaturated/α-hetero) is 1. The maximum atomic E-state index is 13.4. The SMILES string of the molecule is O=C1C[C@]23CCN(CC4CC4)[C@H](Cc4ccc(O)cc42)[C@]3(O)C[C@@H]1NS(=O)(=O)c1ccccc1. The number of ketones is 1. The molecule has 180 valence electrons. The van der Waals surface area contributed by atoms with Crippen molar-refractivity contribution in [3.05, 3.63) is 59.7 Å². The van der Waals surface area contributed by atoms with Gasteiger partial charge in [0, 0.05) is 30.8 Å². The van der Waals surface area contributed by atoms with Crippen LogP contribution in [0.2, 0.25) is 0 Å². The second kappa shape index (κ2) is 7.62. The zero-order valence-electron chi connectivity index (χ0n) is 19.0. The molecule has 3 aliphatic carbocycles. The first kappa shape index (κ1) is 22.2. The van der Waals surface area contributed by atoms with Crippen molar-refractivity contribution in [1.82, 2.24) is 9.62 Å². The smallest absolute Gasteiger partial charge is 0.241 e. The Morgan fingerprint density at radius 3 is 2.62 bits per heavy atom. The topological polar surface area (TPSA) is 107 Å². The molecular weight excluding hydrogens is 452 g/mol. The number of aliphatic hydroxyl groups is 1. The molecule has 34 heavy (non-hydrogen) atoms. The molecule has 2 aromatic rings. The maximum Gasteiger partial charge on any atom is 0.241 e. The summed E-state index contributed by atoms with van der Waals surface area (Å²) in [4.78, 5) is 15.9. The number of phenolic OH excluding ortho intramolecular Hbond substituents is 1. The number of rotatable bonds is 5. The van der Waals surface area contributed by atoms with Gasteiger partial charge in [-0.05, 0) is 73.5 Å². The minimum atomic E-state index is -3.91. The zero-order chi connectivity index (χ0) is 23.7. The quantitative estimate of drug-likeness (QED) is 0.603. The van der Waals surface area contributed by atoms with Gasteiger partial charge in [-0.1, -0.05) is 24.3 Å². The first-order valence-electron chi connectivity index (χ1n) is 12.1. The molecule has 2 saturated carbocycles. The molecule has 0 spiro atoms. The minimum Gasteiger partial charge on any atom is -0.508 e.